The van der Waals surface area contributed by atoms with Gasteiger partial charge >= 0.3 is 6.03 Å². The maximum absolute atomic E-state index is 12.9. The maximum Gasteiger partial charge on any atom is 0.323 e. The molecule has 2 amide bonds. The van der Waals surface area contributed by atoms with Gasteiger partial charge in [0.1, 0.15) is 9.84 Å². The molecule has 1 fully saturated rings. The molecule has 0 radical (unpaired) electrons. The molecule has 0 bridgehead atoms. The second-order valence-corrected chi connectivity index (χ2v) is 11.8. The molecule has 1 aliphatic heterocycles. The minimum Gasteiger partial charge on any atom is -0.324 e. The minimum absolute atomic E-state index is 0.299. The molecule has 8 nitrogen and oxygen atoms in total. The lowest BCUT2D eigenvalue weighted by Gasteiger charge is -2.30. The zero-order valence-electron chi connectivity index (χ0n) is 19.2. The Morgan fingerprint density at radius 2 is 1.79 bits per heavy atom. The van der Waals surface area contributed by atoms with Gasteiger partial charge in [-0.15, -0.1) is 0 Å². The van der Waals surface area contributed by atoms with Crippen LogP contribution in [0.25, 0.3) is 21.7 Å². The number of rotatable bonds is 4. The van der Waals surface area contributed by atoms with Crippen LogP contribution in [-0.2, 0) is 9.84 Å². The van der Waals surface area contributed by atoms with E-state index >= 15 is 0 Å². The molecule has 0 unspecified atom stereocenters. The van der Waals surface area contributed by atoms with Crippen molar-refractivity contribution >= 4 is 32.3 Å². The Labute approximate surface area is 203 Å². The summed E-state index contributed by atoms with van der Waals surface area (Å²) >= 11 is 1.36. The predicted octanol–water partition coefficient (Wildman–Crippen LogP) is 4.40. The number of aromatic nitrogens is 2. The summed E-state index contributed by atoms with van der Waals surface area (Å²) in [5, 5.41) is 12.3. The molecule has 3 aromatic rings. The van der Waals surface area contributed by atoms with E-state index in [1.165, 1.54) is 17.6 Å². The van der Waals surface area contributed by atoms with Crippen LogP contribution in [0.5, 0.6) is 0 Å². The van der Waals surface area contributed by atoms with E-state index in [0.717, 1.165) is 27.4 Å². The van der Waals surface area contributed by atoms with Crippen molar-refractivity contribution in [2.24, 2.45) is 0 Å². The highest BCUT2D eigenvalue weighted by Crippen LogP contribution is 2.39. The number of urea groups is 1. The van der Waals surface area contributed by atoms with Crippen molar-refractivity contribution < 1.29 is 13.2 Å². The van der Waals surface area contributed by atoms with Crippen molar-refractivity contribution in [1.29, 1.82) is 5.26 Å². The van der Waals surface area contributed by atoms with E-state index in [0.29, 0.717) is 42.3 Å². The molecule has 3 heterocycles. The van der Waals surface area contributed by atoms with Crippen LogP contribution in [0, 0.1) is 25.2 Å². The number of anilines is 1. The first-order chi connectivity index (χ1) is 16.1. The number of likely N-dealkylation sites (tertiary alicyclic amines) is 1. The highest BCUT2D eigenvalue weighted by molar-refractivity contribution is 7.91. The van der Waals surface area contributed by atoms with Gasteiger partial charge in [0.25, 0.3) is 0 Å². The van der Waals surface area contributed by atoms with Gasteiger partial charge in [-0.25, -0.2) is 18.2 Å². The summed E-state index contributed by atoms with van der Waals surface area (Å²) in [4.78, 5) is 24.6. The molecule has 0 spiro atoms. The highest BCUT2D eigenvalue weighted by atomic mass is 32.2. The number of thiazole rings is 1. The fourth-order valence-corrected chi connectivity index (χ4v) is 6.16. The quantitative estimate of drug-likeness (QED) is 0.573. The molecular weight excluding hydrogens is 470 g/mol. The van der Waals surface area contributed by atoms with Crippen molar-refractivity contribution in [2.75, 3.05) is 24.7 Å². The average Bonchev–Trinajstić information content (AvgIpc) is 3.22. The van der Waals surface area contributed by atoms with E-state index in [9.17, 15) is 18.5 Å². The van der Waals surface area contributed by atoms with E-state index < -0.39 is 15.1 Å². The number of aryl methyl sites for hydroxylation is 2. The third kappa shape index (κ3) is 5.26. The monoisotopic (exact) mass is 495 g/mol. The van der Waals surface area contributed by atoms with Crippen molar-refractivity contribution in [2.45, 2.75) is 31.9 Å². The van der Waals surface area contributed by atoms with Crippen molar-refractivity contribution in [3.63, 3.8) is 0 Å². The van der Waals surface area contributed by atoms with Gasteiger partial charge in [0, 0.05) is 36.3 Å². The largest absolute Gasteiger partial charge is 0.324 e. The minimum atomic E-state index is -3.11. The van der Waals surface area contributed by atoms with Crippen LogP contribution in [0.15, 0.2) is 36.4 Å². The molecule has 1 saturated heterocycles. The second-order valence-electron chi connectivity index (χ2n) is 8.47. The number of carbonyl (C=O) groups is 1. The standard InChI is InChI=1S/C24H25N5O3S2/c1-15-11-19(12-16(2)26-15)22-21(18-6-4-5-17(13-18)14-25)27-23(33-22)28-24(30)29-9-7-20(8-10-29)34(3,31)32/h4-6,11-13,20H,7-10H2,1-3H3,(H,27,28,30). The van der Waals surface area contributed by atoms with E-state index in [2.05, 4.69) is 16.4 Å². The van der Waals surface area contributed by atoms with Gasteiger partial charge in [-0.1, -0.05) is 23.5 Å². The lowest BCUT2D eigenvalue weighted by Crippen LogP contribution is -2.44. The first kappa shape index (κ1) is 23.9. The third-order valence-electron chi connectivity index (χ3n) is 5.78. The lowest BCUT2D eigenvalue weighted by molar-refractivity contribution is 0.200. The summed E-state index contributed by atoms with van der Waals surface area (Å²) in [6, 6.07) is 13.0. The first-order valence-electron chi connectivity index (χ1n) is 10.9. The Morgan fingerprint density at radius 1 is 1.12 bits per heavy atom. The first-order valence-corrected chi connectivity index (χ1v) is 13.6. The molecular formula is C24H25N5O3S2. The summed E-state index contributed by atoms with van der Waals surface area (Å²) in [5.41, 5.74) is 4.68. The number of sulfone groups is 1. The van der Waals surface area contributed by atoms with Crippen molar-refractivity contribution in [3.05, 3.63) is 53.3 Å². The summed E-state index contributed by atoms with van der Waals surface area (Å²) in [6.07, 6.45) is 2.10. The van der Waals surface area contributed by atoms with Gasteiger partial charge in [-0.05, 0) is 56.5 Å². The van der Waals surface area contributed by atoms with Crippen LogP contribution in [0.1, 0.15) is 29.8 Å². The molecule has 10 heteroatoms. The number of hydrogen-bond acceptors (Lipinski definition) is 7. The molecule has 0 saturated carbocycles. The zero-order valence-corrected chi connectivity index (χ0v) is 20.8. The normalized spacial score (nSPS) is 14.6. The molecule has 0 atom stereocenters. The van der Waals surface area contributed by atoms with Crippen molar-refractivity contribution in [1.82, 2.24) is 14.9 Å². The molecule has 1 aromatic carbocycles. The molecule has 0 aliphatic carbocycles. The third-order valence-corrected chi connectivity index (χ3v) is 8.49. The molecule has 1 aliphatic rings. The number of benzene rings is 1. The lowest BCUT2D eigenvalue weighted by atomic mass is 10.0. The molecule has 2 aromatic heterocycles. The van der Waals surface area contributed by atoms with Crippen LogP contribution in [0.2, 0.25) is 0 Å². The predicted molar refractivity (Wildman–Crippen MR) is 133 cm³/mol. The van der Waals surface area contributed by atoms with Crippen molar-refractivity contribution in [3.8, 4) is 27.8 Å². The Kier molecular flexibility index (Phi) is 6.68. The van der Waals surface area contributed by atoms with Crippen LogP contribution in [-0.4, -0.2) is 53.9 Å². The molecule has 1 N–H and O–H groups in total. The number of nitrogens with one attached hydrogen (secondary N) is 1. The Hall–Kier alpha value is -3.29. The number of hydrogen-bond donors (Lipinski definition) is 1. The summed E-state index contributed by atoms with van der Waals surface area (Å²) in [5.74, 6) is 0. The summed E-state index contributed by atoms with van der Waals surface area (Å²) < 4.78 is 23.6. The number of carbonyl (C=O) groups excluding carboxylic acids is 1. The van der Waals surface area contributed by atoms with Crippen LogP contribution >= 0.6 is 11.3 Å². The van der Waals surface area contributed by atoms with Gasteiger partial charge in [-0.2, -0.15) is 5.26 Å². The van der Waals surface area contributed by atoms with E-state index in [1.54, 1.807) is 17.0 Å². The number of nitriles is 1. The van der Waals surface area contributed by atoms with Gasteiger partial charge in [-0.3, -0.25) is 10.3 Å². The Morgan fingerprint density at radius 3 is 2.41 bits per heavy atom. The average molecular weight is 496 g/mol. The number of piperidine rings is 1. The fourth-order valence-electron chi connectivity index (χ4n) is 4.12. The summed E-state index contributed by atoms with van der Waals surface area (Å²) in [6.45, 7) is 4.61. The smallest absolute Gasteiger partial charge is 0.323 e. The maximum atomic E-state index is 12.9. The topological polar surface area (TPSA) is 116 Å². The number of pyridine rings is 1. The molecule has 34 heavy (non-hydrogen) atoms. The van der Waals surface area contributed by atoms with Crippen LogP contribution < -0.4 is 5.32 Å². The second kappa shape index (κ2) is 9.52. The number of amides is 2. The molecule has 176 valence electrons. The SMILES string of the molecule is Cc1cc(-c2sc(NC(=O)N3CCC(S(C)(=O)=O)CC3)nc2-c2cccc(C#N)c2)cc(C)n1. The van der Waals surface area contributed by atoms with Gasteiger partial charge in [0.05, 0.1) is 27.5 Å². The van der Waals surface area contributed by atoms with Gasteiger partial charge in [0.2, 0.25) is 0 Å². The van der Waals surface area contributed by atoms with E-state index in [1.807, 2.05) is 38.1 Å². The Bertz CT molecular complexity index is 1360. The highest BCUT2D eigenvalue weighted by Gasteiger charge is 2.29. The van der Waals surface area contributed by atoms with Gasteiger partial charge < -0.3 is 4.90 Å². The van der Waals surface area contributed by atoms with Gasteiger partial charge in [0.15, 0.2) is 5.13 Å². The van der Waals surface area contributed by atoms with Crippen LogP contribution in [0.3, 0.4) is 0 Å². The molecule has 4 rings (SSSR count). The number of nitrogens with zero attached hydrogens (tertiary/aromatic N) is 4. The van der Waals surface area contributed by atoms with Crippen LogP contribution in [0.4, 0.5) is 9.93 Å². The van der Waals surface area contributed by atoms with E-state index in [4.69, 9.17) is 4.98 Å². The van der Waals surface area contributed by atoms with E-state index in [-0.39, 0.29) is 6.03 Å². The fraction of sp³-hybridized carbons (Fsp3) is 0.333. The Balaban J connectivity index is 1.64. The summed E-state index contributed by atoms with van der Waals surface area (Å²) in [7, 11) is -3.11. The zero-order chi connectivity index (χ0) is 24.5.